The van der Waals surface area contributed by atoms with Crippen LogP contribution in [0.1, 0.15) is 46.3 Å². The minimum atomic E-state index is -4.49. The molecule has 1 amide bonds. The van der Waals surface area contributed by atoms with Crippen molar-refractivity contribution in [3.05, 3.63) is 95.1 Å². The van der Waals surface area contributed by atoms with Gasteiger partial charge in [0.05, 0.1) is 29.2 Å². The Hall–Kier alpha value is -4.65. The van der Waals surface area contributed by atoms with E-state index >= 15 is 0 Å². The highest BCUT2D eigenvalue weighted by molar-refractivity contribution is 7.92. The summed E-state index contributed by atoms with van der Waals surface area (Å²) in [5, 5.41) is 0. The number of methoxy groups -OCH3 is 1. The lowest BCUT2D eigenvalue weighted by Gasteiger charge is -2.35. The molecule has 1 saturated carbocycles. The SMILES string of the molecule is COc1ccc(CN2C(=O)c3cccc(c3)S(=O)(=O)Nc3nc(cc(-c4c(C)cccc4C)n3)OC[C@H]2CC2(C(F)(F)F)CC2)cc1. The summed E-state index contributed by atoms with van der Waals surface area (Å²) < 4.78 is 84.0. The normalized spacial score (nSPS) is 18.6. The van der Waals surface area contributed by atoms with Gasteiger partial charge in [0.2, 0.25) is 11.8 Å². The molecule has 0 radical (unpaired) electrons. The molecule has 9 nitrogen and oxygen atoms in total. The van der Waals surface area contributed by atoms with E-state index in [4.69, 9.17) is 9.47 Å². The van der Waals surface area contributed by atoms with Crippen LogP contribution in [0, 0.1) is 19.3 Å². The van der Waals surface area contributed by atoms with Crippen molar-refractivity contribution in [2.24, 2.45) is 5.41 Å². The molecule has 2 heterocycles. The zero-order valence-corrected chi connectivity index (χ0v) is 26.8. The molecule has 1 fully saturated rings. The van der Waals surface area contributed by atoms with Crippen molar-refractivity contribution in [1.29, 1.82) is 0 Å². The molecule has 4 bridgehead atoms. The number of ether oxygens (including phenoxy) is 2. The van der Waals surface area contributed by atoms with Crippen LogP contribution in [0.4, 0.5) is 19.1 Å². The minimum Gasteiger partial charge on any atom is -0.497 e. The van der Waals surface area contributed by atoms with Crippen molar-refractivity contribution in [2.45, 2.75) is 56.8 Å². The second-order valence-corrected chi connectivity index (χ2v) is 13.7. The lowest BCUT2D eigenvalue weighted by atomic mass is 9.94. The molecule has 0 unspecified atom stereocenters. The second kappa shape index (κ2) is 12.2. The van der Waals surface area contributed by atoms with E-state index in [-0.39, 0.29) is 48.3 Å². The Labute approximate surface area is 270 Å². The molecule has 1 N–H and O–H groups in total. The molecule has 47 heavy (non-hydrogen) atoms. The van der Waals surface area contributed by atoms with Crippen molar-refractivity contribution in [3.8, 4) is 22.9 Å². The maximum Gasteiger partial charge on any atom is 0.394 e. The summed E-state index contributed by atoms with van der Waals surface area (Å²) in [7, 11) is -2.79. The van der Waals surface area contributed by atoms with Gasteiger partial charge in [-0.15, -0.1) is 0 Å². The first-order chi connectivity index (χ1) is 22.3. The maximum atomic E-state index is 14.4. The number of hydrogen-bond acceptors (Lipinski definition) is 7. The molecule has 1 aromatic heterocycles. The van der Waals surface area contributed by atoms with Gasteiger partial charge in [0, 0.05) is 23.7 Å². The predicted molar refractivity (Wildman–Crippen MR) is 169 cm³/mol. The van der Waals surface area contributed by atoms with Gasteiger partial charge in [0.15, 0.2) is 0 Å². The number of benzene rings is 3. The molecule has 246 valence electrons. The summed E-state index contributed by atoms with van der Waals surface area (Å²) in [6.45, 7) is 3.36. The molecule has 4 aromatic rings. The molecule has 1 aliphatic carbocycles. The van der Waals surface area contributed by atoms with E-state index in [9.17, 15) is 26.4 Å². The number of carbonyl (C=O) groups excluding carboxylic acids is 1. The van der Waals surface area contributed by atoms with Crippen LogP contribution in [0.5, 0.6) is 11.6 Å². The van der Waals surface area contributed by atoms with E-state index in [0.29, 0.717) is 17.0 Å². The van der Waals surface area contributed by atoms with E-state index in [1.165, 1.54) is 42.3 Å². The van der Waals surface area contributed by atoms with Crippen LogP contribution in [0.25, 0.3) is 11.3 Å². The number of fused-ring (bicyclic) bond motifs is 4. The lowest BCUT2D eigenvalue weighted by Crippen LogP contribution is -2.46. The molecule has 1 aliphatic heterocycles. The third kappa shape index (κ3) is 6.62. The average Bonchev–Trinajstić information content (AvgIpc) is 3.83. The lowest BCUT2D eigenvalue weighted by molar-refractivity contribution is -0.192. The fourth-order valence-electron chi connectivity index (χ4n) is 5.97. The fourth-order valence-corrected chi connectivity index (χ4v) is 6.96. The third-order valence-electron chi connectivity index (χ3n) is 8.78. The van der Waals surface area contributed by atoms with Crippen molar-refractivity contribution < 1.29 is 35.9 Å². The van der Waals surface area contributed by atoms with Gasteiger partial charge in [-0.05, 0) is 80.1 Å². The highest BCUT2D eigenvalue weighted by Gasteiger charge is 2.64. The minimum absolute atomic E-state index is 0.00802. The Morgan fingerprint density at radius 3 is 2.32 bits per heavy atom. The number of rotatable bonds is 6. The van der Waals surface area contributed by atoms with Crippen molar-refractivity contribution >= 4 is 21.9 Å². The molecule has 0 saturated heterocycles. The number of nitrogens with one attached hydrogen (secondary N) is 1. The predicted octanol–water partition coefficient (Wildman–Crippen LogP) is 6.71. The number of alkyl halides is 3. The Kier molecular flexibility index (Phi) is 8.37. The smallest absolute Gasteiger partial charge is 0.394 e. The Bertz CT molecular complexity index is 1910. The van der Waals surface area contributed by atoms with Gasteiger partial charge in [0.25, 0.3) is 15.9 Å². The summed E-state index contributed by atoms with van der Waals surface area (Å²) in [5.41, 5.74) is 1.48. The van der Waals surface area contributed by atoms with Crippen molar-refractivity contribution in [3.63, 3.8) is 0 Å². The molecular formula is C34H33F3N4O5S. The number of aromatic nitrogens is 2. The largest absolute Gasteiger partial charge is 0.497 e. The molecular weight excluding hydrogens is 633 g/mol. The maximum absolute atomic E-state index is 14.4. The van der Waals surface area contributed by atoms with Crippen LogP contribution in [-0.2, 0) is 16.6 Å². The number of carbonyl (C=O) groups is 1. The quantitative estimate of drug-likeness (QED) is 0.244. The average molecular weight is 667 g/mol. The zero-order valence-electron chi connectivity index (χ0n) is 26.0. The topological polar surface area (TPSA) is 111 Å². The molecule has 3 aromatic carbocycles. The third-order valence-corrected chi connectivity index (χ3v) is 10.1. The summed E-state index contributed by atoms with van der Waals surface area (Å²) in [6, 6.07) is 18.3. The van der Waals surface area contributed by atoms with Gasteiger partial charge in [-0.25, -0.2) is 18.1 Å². The van der Waals surface area contributed by atoms with Crippen LogP contribution < -0.4 is 14.2 Å². The number of nitrogens with zero attached hydrogens (tertiary/aromatic N) is 3. The monoisotopic (exact) mass is 666 g/mol. The number of amides is 1. The van der Waals surface area contributed by atoms with Gasteiger partial charge in [-0.3, -0.25) is 4.79 Å². The first kappa shape index (κ1) is 32.3. The Morgan fingerprint density at radius 1 is 1.00 bits per heavy atom. The van der Waals surface area contributed by atoms with Crippen LogP contribution in [0.15, 0.2) is 77.7 Å². The van der Waals surface area contributed by atoms with Crippen LogP contribution in [0.2, 0.25) is 0 Å². The summed E-state index contributed by atoms with van der Waals surface area (Å²) >= 11 is 0. The highest BCUT2D eigenvalue weighted by atomic mass is 32.2. The van der Waals surface area contributed by atoms with E-state index in [2.05, 4.69) is 14.7 Å². The Morgan fingerprint density at radius 2 is 1.68 bits per heavy atom. The molecule has 6 rings (SSSR count). The van der Waals surface area contributed by atoms with Gasteiger partial charge < -0.3 is 14.4 Å². The number of anilines is 1. The van der Waals surface area contributed by atoms with Gasteiger partial charge in [-0.2, -0.15) is 18.2 Å². The van der Waals surface area contributed by atoms with Crippen LogP contribution in [0.3, 0.4) is 0 Å². The van der Waals surface area contributed by atoms with E-state index in [1.807, 2.05) is 32.0 Å². The van der Waals surface area contributed by atoms with E-state index in [1.54, 1.807) is 24.3 Å². The van der Waals surface area contributed by atoms with E-state index < -0.39 is 40.0 Å². The van der Waals surface area contributed by atoms with Crippen LogP contribution in [-0.4, -0.2) is 55.1 Å². The van der Waals surface area contributed by atoms with Crippen LogP contribution >= 0.6 is 0 Å². The fraction of sp³-hybridized carbons (Fsp3) is 0.324. The first-order valence-corrected chi connectivity index (χ1v) is 16.5. The van der Waals surface area contributed by atoms with Crippen molar-refractivity contribution in [2.75, 3.05) is 18.4 Å². The van der Waals surface area contributed by atoms with Gasteiger partial charge in [0.1, 0.15) is 12.4 Å². The summed E-state index contributed by atoms with van der Waals surface area (Å²) in [4.78, 5) is 24.1. The van der Waals surface area contributed by atoms with Gasteiger partial charge in [-0.1, -0.05) is 36.4 Å². The van der Waals surface area contributed by atoms with Crippen molar-refractivity contribution in [1.82, 2.24) is 14.9 Å². The number of aryl methyl sites for hydroxylation is 2. The number of halogens is 3. The molecule has 1 atom stereocenters. The van der Waals surface area contributed by atoms with Gasteiger partial charge >= 0.3 is 6.18 Å². The summed E-state index contributed by atoms with van der Waals surface area (Å²) in [6.07, 6.45) is -5.03. The number of sulfonamides is 1. The second-order valence-electron chi connectivity index (χ2n) is 12.0. The summed E-state index contributed by atoms with van der Waals surface area (Å²) in [5.74, 6) is -0.405. The highest BCUT2D eigenvalue weighted by Crippen LogP contribution is 2.61. The first-order valence-electron chi connectivity index (χ1n) is 15.0. The Balaban J connectivity index is 1.50. The molecule has 2 aliphatic rings. The number of hydrogen-bond donors (Lipinski definition) is 1. The molecule has 0 spiro atoms. The standard InChI is InChI=1S/C34H33F3N4O5S/c1-21-6-4-7-22(2)30(21)28-17-29-39-32(38-28)40-47(43,44)27-9-5-8-24(16-27)31(42)41(19-23-10-12-26(45-3)13-11-23)25(20-46-29)18-33(14-15-33)34(35,36)37/h4-13,16-17,25H,14-15,18-20H2,1-3H3,(H,38,39,40)/t25-/m1/s1. The molecule has 13 heteroatoms. The van der Waals surface area contributed by atoms with E-state index in [0.717, 1.165) is 16.7 Å². The zero-order chi connectivity index (χ0) is 33.6.